The lowest BCUT2D eigenvalue weighted by molar-refractivity contribution is 0.166. The molecule has 2 N–H and O–H groups in total. The maximum Gasteiger partial charge on any atom is 0.154 e. The molecule has 0 bridgehead atoms. The Kier molecular flexibility index (Phi) is 5.13. The molecule has 1 aliphatic rings. The Balaban J connectivity index is 1.92. The van der Waals surface area contributed by atoms with E-state index in [1.165, 1.54) is 25.7 Å². The van der Waals surface area contributed by atoms with E-state index in [0.717, 1.165) is 37.7 Å². The van der Waals surface area contributed by atoms with Crippen LogP contribution in [0, 0.1) is 11.3 Å². The summed E-state index contributed by atoms with van der Waals surface area (Å²) in [6, 6.07) is 0. The Labute approximate surface area is 122 Å². The van der Waals surface area contributed by atoms with Gasteiger partial charge in [-0.2, -0.15) is 0 Å². The molecule has 0 radical (unpaired) electrons. The summed E-state index contributed by atoms with van der Waals surface area (Å²) in [6.45, 7) is 8.71. The van der Waals surface area contributed by atoms with Crippen molar-refractivity contribution in [2.75, 3.05) is 6.54 Å². The highest BCUT2D eigenvalue weighted by Crippen LogP contribution is 2.42. The third-order valence-corrected chi connectivity index (χ3v) is 4.70. The Morgan fingerprint density at radius 2 is 1.85 bits per heavy atom. The van der Waals surface area contributed by atoms with Gasteiger partial charge >= 0.3 is 0 Å². The normalized spacial score (nSPS) is 24.0. The maximum atomic E-state index is 5.54. The first-order valence-corrected chi connectivity index (χ1v) is 7.98. The first-order chi connectivity index (χ1) is 9.52. The summed E-state index contributed by atoms with van der Waals surface area (Å²) < 4.78 is 2.00. The molecule has 0 unspecified atom stereocenters. The third-order valence-electron chi connectivity index (χ3n) is 4.70. The first kappa shape index (κ1) is 15.4. The van der Waals surface area contributed by atoms with Gasteiger partial charge in [0, 0.05) is 12.5 Å². The molecule has 1 aromatic heterocycles. The SMILES string of the molecule is CC(C)(C)C1CCC(c2nnnn2CCCCN)CC1. The number of aryl methyl sites for hydroxylation is 1. The molecule has 0 atom stereocenters. The van der Waals surface area contributed by atoms with E-state index in [0.29, 0.717) is 11.3 Å². The fraction of sp³-hybridized carbons (Fsp3) is 0.933. The summed E-state index contributed by atoms with van der Waals surface area (Å²) >= 11 is 0. The lowest BCUT2D eigenvalue weighted by Crippen LogP contribution is -2.26. The van der Waals surface area contributed by atoms with Gasteiger partial charge in [0.05, 0.1) is 0 Å². The van der Waals surface area contributed by atoms with E-state index in [-0.39, 0.29) is 0 Å². The predicted molar refractivity (Wildman–Crippen MR) is 80.3 cm³/mol. The van der Waals surface area contributed by atoms with Crippen molar-refractivity contribution in [2.24, 2.45) is 17.1 Å². The van der Waals surface area contributed by atoms with E-state index < -0.39 is 0 Å². The van der Waals surface area contributed by atoms with Crippen molar-refractivity contribution in [3.63, 3.8) is 0 Å². The fourth-order valence-corrected chi connectivity index (χ4v) is 3.29. The highest BCUT2D eigenvalue weighted by atomic mass is 15.5. The summed E-state index contributed by atoms with van der Waals surface area (Å²) in [6.07, 6.45) is 7.13. The third kappa shape index (κ3) is 3.78. The summed E-state index contributed by atoms with van der Waals surface area (Å²) in [5.74, 6) is 2.47. The first-order valence-electron chi connectivity index (χ1n) is 7.98. The molecule has 1 heterocycles. The minimum absolute atomic E-state index is 0.429. The lowest BCUT2D eigenvalue weighted by atomic mass is 9.70. The monoisotopic (exact) mass is 279 g/mol. The molecule has 2 rings (SSSR count). The van der Waals surface area contributed by atoms with Crippen LogP contribution in [0.4, 0.5) is 0 Å². The van der Waals surface area contributed by atoms with Gasteiger partial charge in [-0.3, -0.25) is 0 Å². The number of hydrogen-bond acceptors (Lipinski definition) is 4. The van der Waals surface area contributed by atoms with Crippen molar-refractivity contribution in [2.45, 2.75) is 71.8 Å². The summed E-state index contributed by atoms with van der Waals surface area (Å²) in [4.78, 5) is 0. The zero-order valence-electron chi connectivity index (χ0n) is 13.2. The minimum atomic E-state index is 0.429. The van der Waals surface area contributed by atoms with Gasteiger partial charge in [0.2, 0.25) is 0 Å². The number of hydrogen-bond donors (Lipinski definition) is 1. The van der Waals surface area contributed by atoms with E-state index in [9.17, 15) is 0 Å². The maximum absolute atomic E-state index is 5.54. The van der Waals surface area contributed by atoms with Crippen LogP contribution in [0.15, 0.2) is 0 Å². The molecule has 20 heavy (non-hydrogen) atoms. The van der Waals surface area contributed by atoms with Gasteiger partial charge in [-0.25, -0.2) is 4.68 Å². The van der Waals surface area contributed by atoms with Gasteiger partial charge in [-0.15, -0.1) is 5.10 Å². The van der Waals surface area contributed by atoms with Crippen LogP contribution in [-0.4, -0.2) is 26.8 Å². The van der Waals surface area contributed by atoms with Gasteiger partial charge in [-0.1, -0.05) is 20.8 Å². The molecular formula is C15H29N5. The van der Waals surface area contributed by atoms with Gasteiger partial charge in [-0.05, 0) is 66.8 Å². The minimum Gasteiger partial charge on any atom is -0.330 e. The molecule has 0 amide bonds. The van der Waals surface area contributed by atoms with Crippen LogP contribution in [0.1, 0.15) is 71.0 Å². The van der Waals surface area contributed by atoms with Crippen molar-refractivity contribution in [3.8, 4) is 0 Å². The zero-order chi connectivity index (χ0) is 14.6. The molecule has 5 nitrogen and oxygen atoms in total. The Bertz CT molecular complexity index is 399. The number of unbranched alkanes of at least 4 members (excludes halogenated alkanes) is 1. The molecule has 0 aliphatic heterocycles. The summed E-state index contributed by atoms with van der Waals surface area (Å²) in [7, 11) is 0. The van der Waals surface area contributed by atoms with Gasteiger partial charge in [0.25, 0.3) is 0 Å². The van der Waals surface area contributed by atoms with Crippen molar-refractivity contribution < 1.29 is 0 Å². The number of aromatic nitrogens is 4. The van der Waals surface area contributed by atoms with E-state index in [1.807, 2.05) is 4.68 Å². The predicted octanol–water partition coefficient (Wildman–Crippen LogP) is 2.73. The molecule has 114 valence electrons. The fourth-order valence-electron chi connectivity index (χ4n) is 3.29. The molecule has 0 saturated heterocycles. The van der Waals surface area contributed by atoms with E-state index in [4.69, 9.17) is 5.73 Å². The molecule has 1 aromatic rings. The second kappa shape index (κ2) is 6.66. The van der Waals surface area contributed by atoms with Crippen molar-refractivity contribution in [1.82, 2.24) is 20.2 Å². The standard InChI is InChI=1S/C15H29N5/c1-15(2,3)13-8-6-12(7-9-13)14-17-18-19-20(14)11-5-4-10-16/h12-13H,4-11,16H2,1-3H3. The van der Waals surface area contributed by atoms with Crippen LogP contribution in [0.5, 0.6) is 0 Å². The second-order valence-corrected chi connectivity index (χ2v) is 7.17. The van der Waals surface area contributed by atoms with Crippen molar-refractivity contribution in [1.29, 1.82) is 0 Å². The number of tetrazole rings is 1. The molecular weight excluding hydrogens is 250 g/mol. The van der Waals surface area contributed by atoms with Crippen LogP contribution in [-0.2, 0) is 6.54 Å². The van der Waals surface area contributed by atoms with Gasteiger partial charge < -0.3 is 5.73 Å². The zero-order valence-corrected chi connectivity index (χ0v) is 13.2. The summed E-state index contributed by atoms with van der Waals surface area (Å²) in [5, 5.41) is 12.3. The van der Waals surface area contributed by atoms with Crippen molar-refractivity contribution >= 4 is 0 Å². The van der Waals surface area contributed by atoms with Crippen LogP contribution in [0.25, 0.3) is 0 Å². The van der Waals surface area contributed by atoms with Crippen LogP contribution >= 0.6 is 0 Å². The Hall–Kier alpha value is -0.970. The van der Waals surface area contributed by atoms with Crippen LogP contribution in [0.2, 0.25) is 0 Å². The highest BCUT2D eigenvalue weighted by molar-refractivity contribution is 4.97. The topological polar surface area (TPSA) is 69.6 Å². The largest absolute Gasteiger partial charge is 0.330 e. The Morgan fingerprint density at radius 1 is 1.15 bits per heavy atom. The summed E-state index contributed by atoms with van der Waals surface area (Å²) in [5.41, 5.74) is 5.97. The molecule has 1 saturated carbocycles. The highest BCUT2D eigenvalue weighted by Gasteiger charge is 2.32. The second-order valence-electron chi connectivity index (χ2n) is 7.17. The van der Waals surface area contributed by atoms with Gasteiger partial charge in [0.1, 0.15) is 0 Å². The number of nitrogens with zero attached hydrogens (tertiary/aromatic N) is 4. The molecule has 0 aromatic carbocycles. The van der Waals surface area contributed by atoms with E-state index >= 15 is 0 Å². The molecule has 5 heteroatoms. The molecule has 1 aliphatic carbocycles. The molecule has 1 fully saturated rings. The van der Waals surface area contributed by atoms with Crippen LogP contribution < -0.4 is 5.73 Å². The average Bonchev–Trinajstić information content (AvgIpc) is 2.87. The Morgan fingerprint density at radius 3 is 2.45 bits per heavy atom. The average molecular weight is 279 g/mol. The van der Waals surface area contributed by atoms with E-state index in [1.54, 1.807) is 0 Å². The van der Waals surface area contributed by atoms with Crippen LogP contribution in [0.3, 0.4) is 0 Å². The quantitative estimate of drug-likeness (QED) is 0.841. The van der Waals surface area contributed by atoms with E-state index in [2.05, 4.69) is 36.3 Å². The number of nitrogens with two attached hydrogens (primary N) is 1. The van der Waals surface area contributed by atoms with Gasteiger partial charge in [0.15, 0.2) is 5.82 Å². The van der Waals surface area contributed by atoms with Crippen molar-refractivity contribution in [3.05, 3.63) is 5.82 Å². The lowest BCUT2D eigenvalue weighted by Gasteiger charge is -2.36. The molecule has 0 spiro atoms. The smallest absolute Gasteiger partial charge is 0.154 e. The number of rotatable bonds is 5.